The van der Waals surface area contributed by atoms with Crippen LogP contribution in [0.1, 0.15) is 23.0 Å². The van der Waals surface area contributed by atoms with Crippen molar-refractivity contribution in [3.05, 3.63) is 46.3 Å². The summed E-state index contributed by atoms with van der Waals surface area (Å²) in [4.78, 5) is 16.2. The highest BCUT2D eigenvalue weighted by molar-refractivity contribution is 9.10. The standard InChI is InChI=1S/C14H16BrN3O2/c1-3-18-9-11(15)6-12(18)14(19)17-8-10-4-5-13(20-2)16-7-10/h4-7,9H,3,8H2,1-2H3,(H,17,19). The van der Waals surface area contributed by atoms with Crippen LogP contribution in [0.2, 0.25) is 0 Å². The molecule has 0 saturated carbocycles. The lowest BCUT2D eigenvalue weighted by atomic mass is 10.3. The Bertz CT molecular complexity index is 593. The summed E-state index contributed by atoms with van der Waals surface area (Å²) in [5.41, 5.74) is 1.56. The first-order valence-electron chi connectivity index (χ1n) is 6.26. The highest BCUT2D eigenvalue weighted by atomic mass is 79.9. The fourth-order valence-corrected chi connectivity index (χ4v) is 2.30. The molecule has 2 rings (SSSR count). The first-order valence-corrected chi connectivity index (χ1v) is 7.06. The molecule has 0 saturated heterocycles. The average Bonchev–Trinajstić information content (AvgIpc) is 2.86. The number of rotatable bonds is 5. The molecule has 0 spiro atoms. The molecule has 0 aliphatic carbocycles. The van der Waals surface area contributed by atoms with Crippen molar-refractivity contribution in [1.82, 2.24) is 14.9 Å². The number of aromatic nitrogens is 2. The van der Waals surface area contributed by atoms with Crippen molar-refractivity contribution in [3.63, 3.8) is 0 Å². The van der Waals surface area contributed by atoms with Gasteiger partial charge in [0.2, 0.25) is 5.88 Å². The number of pyridine rings is 1. The van der Waals surface area contributed by atoms with E-state index in [9.17, 15) is 4.79 Å². The van der Waals surface area contributed by atoms with Gasteiger partial charge >= 0.3 is 0 Å². The van der Waals surface area contributed by atoms with Crippen LogP contribution in [0.5, 0.6) is 5.88 Å². The number of nitrogens with one attached hydrogen (secondary N) is 1. The number of methoxy groups -OCH3 is 1. The van der Waals surface area contributed by atoms with E-state index in [1.807, 2.05) is 29.8 Å². The molecule has 0 fully saturated rings. The topological polar surface area (TPSA) is 56.2 Å². The summed E-state index contributed by atoms with van der Waals surface area (Å²) in [6.07, 6.45) is 3.58. The van der Waals surface area contributed by atoms with Crippen molar-refractivity contribution >= 4 is 21.8 Å². The summed E-state index contributed by atoms with van der Waals surface area (Å²) in [5, 5.41) is 2.88. The van der Waals surface area contributed by atoms with Crippen molar-refractivity contribution in [2.45, 2.75) is 20.0 Å². The fourth-order valence-electron chi connectivity index (χ4n) is 1.84. The second kappa shape index (κ2) is 6.56. The minimum Gasteiger partial charge on any atom is -0.481 e. The van der Waals surface area contributed by atoms with E-state index >= 15 is 0 Å². The SMILES string of the molecule is CCn1cc(Br)cc1C(=O)NCc1ccc(OC)nc1. The van der Waals surface area contributed by atoms with Crippen molar-refractivity contribution in [1.29, 1.82) is 0 Å². The monoisotopic (exact) mass is 337 g/mol. The van der Waals surface area contributed by atoms with Gasteiger partial charge in [0.15, 0.2) is 0 Å². The molecule has 0 atom stereocenters. The quantitative estimate of drug-likeness (QED) is 0.912. The van der Waals surface area contributed by atoms with Crippen LogP contribution in [0.4, 0.5) is 0 Å². The summed E-state index contributed by atoms with van der Waals surface area (Å²) in [6.45, 7) is 3.18. The smallest absolute Gasteiger partial charge is 0.268 e. The number of amides is 1. The average molecular weight is 338 g/mol. The highest BCUT2D eigenvalue weighted by Gasteiger charge is 2.11. The summed E-state index contributed by atoms with van der Waals surface area (Å²) in [5.74, 6) is 0.456. The Morgan fingerprint density at radius 2 is 2.30 bits per heavy atom. The number of carbonyl (C=O) groups excluding carboxylic acids is 1. The van der Waals surface area contributed by atoms with E-state index in [0.717, 1.165) is 16.6 Å². The van der Waals surface area contributed by atoms with E-state index in [2.05, 4.69) is 26.2 Å². The van der Waals surface area contributed by atoms with Crippen LogP contribution in [-0.4, -0.2) is 22.6 Å². The Morgan fingerprint density at radius 1 is 1.50 bits per heavy atom. The van der Waals surface area contributed by atoms with E-state index in [1.165, 1.54) is 0 Å². The molecule has 20 heavy (non-hydrogen) atoms. The molecule has 2 heterocycles. The molecule has 0 aromatic carbocycles. The maximum atomic E-state index is 12.1. The Morgan fingerprint density at radius 3 is 2.90 bits per heavy atom. The number of aryl methyl sites for hydroxylation is 1. The summed E-state index contributed by atoms with van der Waals surface area (Å²) < 4.78 is 7.78. The van der Waals surface area contributed by atoms with E-state index in [-0.39, 0.29) is 5.91 Å². The zero-order chi connectivity index (χ0) is 14.5. The maximum absolute atomic E-state index is 12.1. The third kappa shape index (κ3) is 3.39. The molecule has 0 bridgehead atoms. The van der Waals surface area contributed by atoms with Crippen LogP contribution < -0.4 is 10.1 Å². The van der Waals surface area contributed by atoms with Crippen LogP contribution in [0.25, 0.3) is 0 Å². The van der Waals surface area contributed by atoms with Gasteiger partial charge < -0.3 is 14.6 Å². The Hall–Kier alpha value is -1.82. The predicted octanol–water partition coefficient (Wildman–Crippen LogP) is 2.60. The number of hydrogen-bond acceptors (Lipinski definition) is 3. The number of nitrogens with zero attached hydrogens (tertiary/aromatic N) is 2. The Balaban J connectivity index is 2.00. The van der Waals surface area contributed by atoms with Gasteiger partial charge in [-0.1, -0.05) is 6.07 Å². The predicted molar refractivity (Wildman–Crippen MR) is 79.8 cm³/mol. The molecule has 1 N–H and O–H groups in total. The van der Waals surface area contributed by atoms with Crippen molar-refractivity contribution < 1.29 is 9.53 Å². The molecule has 2 aromatic heterocycles. The first kappa shape index (κ1) is 14.6. The van der Waals surface area contributed by atoms with E-state index < -0.39 is 0 Å². The normalized spacial score (nSPS) is 10.3. The lowest BCUT2D eigenvalue weighted by Crippen LogP contribution is -2.25. The molecule has 0 radical (unpaired) electrons. The molecule has 106 valence electrons. The van der Waals surface area contributed by atoms with Gasteiger partial charge in [0, 0.05) is 36.0 Å². The summed E-state index contributed by atoms with van der Waals surface area (Å²) >= 11 is 3.38. The molecule has 0 aliphatic rings. The Kier molecular flexibility index (Phi) is 4.79. The minimum atomic E-state index is -0.103. The lowest BCUT2D eigenvalue weighted by Gasteiger charge is -2.08. The lowest BCUT2D eigenvalue weighted by molar-refractivity contribution is 0.0941. The molecule has 1 amide bonds. The molecule has 5 nitrogen and oxygen atoms in total. The second-order valence-electron chi connectivity index (χ2n) is 4.22. The molecule has 0 aliphatic heterocycles. The zero-order valence-electron chi connectivity index (χ0n) is 11.4. The van der Waals surface area contributed by atoms with Gasteiger partial charge in [-0.15, -0.1) is 0 Å². The third-order valence-electron chi connectivity index (χ3n) is 2.90. The summed E-state index contributed by atoms with van der Waals surface area (Å²) in [7, 11) is 1.57. The molecule has 6 heteroatoms. The zero-order valence-corrected chi connectivity index (χ0v) is 13.0. The van der Waals surface area contributed by atoms with Crippen molar-refractivity contribution in [2.75, 3.05) is 7.11 Å². The van der Waals surface area contributed by atoms with Gasteiger partial charge in [-0.2, -0.15) is 0 Å². The Labute approximate surface area is 126 Å². The number of carbonyl (C=O) groups is 1. The van der Waals surface area contributed by atoms with Crippen LogP contribution >= 0.6 is 15.9 Å². The highest BCUT2D eigenvalue weighted by Crippen LogP contribution is 2.15. The van der Waals surface area contributed by atoms with Gasteiger partial charge in [-0.25, -0.2) is 4.98 Å². The molecule has 0 unspecified atom stereocenters. The van der Waals surface area contributed by atoms with Crippen LogP contribution in [-0.2, 0) is 13.1 Å². The summed E-state index contributed by atoms with van der Waals surface area (Å²) in [6, 6.07) is 5.46. The van der Waals surface area contributed by atoms with E-state index in [1.54, 1.807) is 19.4 Å². The van der Waals surface area contributed by atoms with E-state index in [0.29, 0.717) is 18.1 Å². The van der Waals surface area contributed by atoms with Gasteiger partial charge in [0.25, 0.3) is 5.91 Å². The van der Waals surface area contributed by atoms with Gasteiger partial charge in [0.05, 0.1) is 7.11 Å². The molecular weight excluding hydrogens is 322 g/mol. The largest absolute Gasteiger partial charge is 0.481 e. The van der Waals surface area contributed by atoms with Gasteiger partial charge in [-0.3, -0.25) is 4.79 Å². The third-order valence-corrected chi connectivity index (χ3v) is 3.33. The van der Waals surface area contributed by atoms with Crippen LogP contribution in [0, 0.1) is 0 Å². The first-order chi connectivity index (χ1) is 9.63. The van der Waals surface area contributed by atoms with E-state index in [4.69, 9.17) is 4.74 Å². The number of ether oxygens (including phenoxy) is 1. The van der Waals surface area contributed by atoms with Crippen molar-refractivity contribution in [3.8, 4) is 5.88 Å². The minimum absolute atomic E-state index is 0.103. The fraction of sp³-hybridized carbons (Fsp3) is 0.286. The van der Waals surface area contributed by atoms with Crippen LogP contribution in [0.15, 0.2) is 35.1 Å². The second-order valence-corrected chi connectivity index (χ2v) is 5.14. The molecule has 2 aromatic rings. The van der Waals surface area contributed by atoms with Gasteiger partial charge in [-0.05, 0) is 34.5 Å². The number of halogens is 1. The molecular formula is C14H16BrN3O2. The van der Waals surface area contributed by atoms with Crippen LogP contribution in [0.3, 0.4) is 0 Å². The van der Waals surface area contributed by atoms with Gasteiger partial charge in [0.1, 0.15) is 5.69 Å². The van der Waals surface area contributed by atoms with Crippen molar-refractivity contribution in [2.24, 2.45) is 0 Å². The maximum Gasteiger partial charge on any atom is 0.268 e. The number of hydrogen-bond donors (Lipinski definition) is 1.